The first-order valence-electron chi connectivity index (χ1n) is 8.78. The van der Waals surface area contributed by atoms with E-state index in [2.05, 4.69) is 20.3 Å². The SMILES string of the molecule is CC(C)NS(=O)(=O)c1ccc(F)c(C(=O)NCCNc2ncccc2C(F)(F)F)c1. The van der Waals surface area contributed by atoms with Gasteiger partial charge >= 0.3 is 6.18 Å². The van der Waals surface area contributed by atoms with Gasteiger partial charge in [-0.1, -0.05) is 0 Å². The smallest absolute Gasteiger partial charge is 0.368 e. The summed E-state index contributed by atoms with van der Waals surface area (Å²) in [5.74, 6) is -2.25. The normalized spacial score (nSPS) is 12.1. The Kier molecular flexibility index (Phi) is 7.37. The second-order valence-corrected chi connectivity index (χ2v) is 8.21. The third-order valence-corrected chi connectivity index (χ3v) is 5.36. The number of alkyl halides is 3. The third kappa shape index (κ3) is 6.13. The number of carbonyl (C=O) groups is 1. The Morgan fingerprint density at radius 3 is 2.50 bits per heavy atom. The lowest BCUT2D eigenvalue weighted by Gasteiger charge is -2.14. The number of nitrogens with zero attached hydrogens (tertiary/aromatic N) is 1. The largest absolute Gasteiger partial charge is 0.419 e. The Labute approximate surface area is 170 Å². The van der Waals surface area contributed by atoms with Crippen LogP contribution in [0.5, 0.6) is 0 Å². The summed E-state index contributed by atoms with van der Waals surface area (Å²) in [7, 11) is -3.94. The first-order chi connectivity index (χ1) is 13.9. The monoisotopic (exact) mass is 448 g/mol. The summed E-state index contributed by atoms with van der Waals surface area (Å²) in [6.07, 6.45) is -3.42. The summed E-state index contributed by atoms with van der Waals surface area (Å²) in [5.41, 5.74) is -1.46. The van der Waals surface area contributed by atoms with Gasteiger partial charge in [-0.3, -0.25) is 4.79 Å². The molecule has 0 fully saturated rings. The zero-order valence-corrected chi connectivity index (χ0v) is 16.9. The summed E-state index contributed by atoms with van der Waals surface area (Å²) in [6, 6.07) is 4.37. The van der Waals surface area contributed by atoms with Crippen LogP contribution in [0.3, 0.4) is 0 Å². The lowest BCUT2D eigenvalue weighted by atomic mass is 10.2. The van der Waals surface area contributed by atoms with Crippen LogP contribution < -0.4 is 15.4 Å². The molecule has 0 saturated carbocycles. The first kappa shape index (κ1) is 23.5. The van der Waals surface area contributed by atoms with E-state index in [0.717, 1.165) is 30.3 Å². The molecule has 0 saturated heterocycles. The fourth-order valence-corrected chi connectivity index (χ4v) is 3.73. The highest BCUT2D eigenvalue weighted by molar-refractivity contribution is 7.89. The maximum Gasteiger partial charge on any atom is 0.419 e. The molecule has 2 rings (SSSR count). The Balaban J connectivity index is 2.04. The molecule has 164 valence electrons. The topological polar surface area (TPSA) is 100 Å². The van der Waals surface area contributed by atoms with Gasteiger partial charge in [0.1, 0.15) is 11.6 Å². The summed E-state index contributed by atoms with van der Waals surface area (Å²) in [5, 5.41) is 4.77. The summed E-state index contributed by atoms with van der Waals surface area (Å²) < 4.78 is 79.4. The van der Waals surface area contributed by atoms with Crippen LogP contribution >= 0.6 is 0 Å². The van der Waals surface area contributed by atoms with Crippen LogP contribution in [-0.2, 0) is 16.2 Å². The second-order valence-electron chi connectivity index (χ2n) is 6.50. The second kappa shape index (κ2) is 9.39. The fourth-order valence-electron chi connectivity index (χ4n) is 2.45. The van der Waals surface area contributed by atoms with Crippen LogP contribution in [0.2, 0.25) is 0 Å². The van der Waals surface area contributed by atoms with Crippen molar-refractivity contribution in [2.75, 3.05) is 18.4 Å². The van der Waals surface area contributed by atoms with Crippen molar-refractivity contribution in [3.8, 4) is 0 Å². The number of aromatic nitrogens is 1. The number of hydrogen-bond donors (Lipinski definition) is 3. The highest BCUT2D eigenvalue weighted by Gasteiger charge is 2.34. The van der Waals surface area contributed by atoms with E-state index < -0.39 is 50.9 Å². The lowest BCUT2D eigenvalue weighted by molar-refractivity contribution is -0.137. The third-order valence-electron chi connectivity index (χ3n) is 3.70. The molecule has 0 spiro atoms. The summed E-state index contributed by atoms with van der Waals surface area (Å²) in [6.45, 7) is 2.93. The van der Waals surface area contributed by atoms with Gasteiger partial charge in [-0.2, -0.15) is 13.2 Å². The molecule has 0 aliphatic carbocycles. The summed E-state index contributed by atoms with van der Waals surface area (Å²) >= 11 is 0. The molecule has 30 heavy (non-hydrogen) atoms. The van der Waals surface area contributed by atoms with Crippen LogP contribution in [0.15, 0.2) is 41.4 Å². The predicted octanol–water partition coefficient (Wildman–Crippen LogP) is 2.77. The molecule has 1 aromatic carbocycles. The van der Waals surface area contributed by atoms with Gasteiger partial charge in [0, 0.05) is 25.3 Å². The van der Waals surface area contributed by atoms with E-state index in [-0.39, 0.29) is 18.0 Å². The number of carbonyl (C=O) groups excluding carboxylic acids is 1. The maximum absolute atomic E-state index is 14.0. The molecule has 2 aromatic rings. The van der Waals surface area contributed by atoms with Gasteiger partial charge in [-0.05, 0) is 44.2 Å². The molecule has 7 nitrogen and oxygen atoms in total. The first-order valence-corrected chi connectivity index (χ1v) is 10.3. The molecule has 3 N–H and O–H groups in total. The Morgan fingerprint density at radius 1 is 1.17 bits per heavy atom. The zero-order chi connectivity index (χ0) is 22.5. The molecule has 0 bridgehead atoms. The number of anilines is 1. The molecular formula is C18H20F4N4O3S. The number of hydrogen-bond acceptors (Lipinski definition) is 5. The molecule has 0 radical (unpaired) electrons. The molecule has 0 aliphatic heterocycles. The van der Waals surface area contributed by atoms with Gasteiger partial charge in [0.25, 0.3) is 5.91 Å². The molecule has 12 heteroatoms. The van der Waals surface area contributed by atoms with Crippen LogP contribution in [0, 0.1) is 5.82 Å². The van der Waals surface area contributed by atoms with Gasteiger partial charge < -0.3 is 10.6 Å². The fraction of sp³-hybridized carbons (Fsp3) is 0.333. The van der Waals surface area contributed by atoms with Crippen molar-refractivity contribution in [2.45, 2.75) is 31.0 Å². The van der Waals surface area contributed by atoms with Crippen LogP contribution in [0.4, 0.5) is 23.4 Å². The minimum Gasteiger partial charge on any atom is -0.368 e. The molecule has 1 amide bonds. The van der Waals surface area contributed by atoms with Crippen molar-refractivity contribution in [1.82, 2.24) is 15.0 Å². The van der Waals surface area contributed by atoms with Crippen molar-refractivity contribution in [1.29, 1.82) is 0 Å². The van der Waals surface area contributed by atoms with E-state index in [4.69, 9.17) is 0 Å². The number of halogens is 4. The van der Waals surface area contributed by atoms with Gasteiger partial charge in [0.05, 0.1) is 16.0 Å². The zero-order valence-electron chi connectivity index (χ0n) is 16.0. The van der Waals surface area contributed by atoms with Crippen molar-refractivity contribution in [3.05, 3.63) is 53.5 Å². The average Bonchev–Trinajstić information content (AvgIpc) is 2.63. The van der Waals surface area contributed by atoms with Gasteiger partial charge in [0.15, 0.2) is 0 Å². The van der Waals surface area contributed by atoms with Gasteiger partial charge in [-0.25, -0.2) is 22.5 Å². The molecule has 1 aromatic heterocycles. The summed E-state index contributed by atoms with van der Waals surface area (Å²) in [4.78, 5) is 15.5. The van der Waals surface area contributed by atoms with E-state index >= 15 is 0 Å². The Morgan fingerprint density at radius 2 is 1.87 bits per heavy atom. The van der Waals surface area contributed by atoms with Gasteiger partial charge in [-0.15, -0.1) is 0 Å². The average molecular weight is 448 g/mol. The predicted molar refractivity (Wildman–Crippen MR) is 102 cm³/mol. The van der Waals surface area contributed by atoms with Crippen molar-refractivity contribution in [2.24, 2.45) is 0 Å². The maximum atomic E-state index is 14.0. The molecule has 1 heterocycles. The van der Waals surface area contributed by atoms with E-state index in [1.165, 1.54) is 6.20 Å². The minimum atomic E-state index is -4.60. The molecule has 0 aliphatic rings. The van der Waals surface area contributed by atoms with Crippen molar-refractivity contribution >= 4 is 21.7 Å². The quantitative estimate of drug-likeness (QED) is 0.426. The number of pyridine rings is 1. The van der Waals surface area contributed by atoms with Gasteiger partial charge in [0.2, 0.25) is 10.0 Å². The van der Waals surface area contributed by atoms with E-state index in [1.54, 1.807) is 13.8 Å². The standard InChI is InChI=1S/C18H20F4N4O3S/c1-11(2)26-30(28,29)12-5-6-15(19)13(10-12)17(27)25-9-8-24-16-14(18(20,21)22)4-3-7-23-16/h3-7,10-11,26H,8-9H2,1-2H3,(H,23,24)(H,25,27). The number of sulfonamides is 1. The highest BCUT2D eigenvalue weighted by atomic mass is 32.2. The van der Waals surface area contributed by atoms with Crippen molar-refractivity contribution < 1.29 is 30.8 Å². The van der Waals surface area contributed by atoms with E-state index in [0.29, 0.717) is 0 Å². The number of nitrogens with one attached hydrogen (secondary N) is 3. The van der Waals surface area contributed by atoms with E-state index in [9.17, 15) is 30.8 Å². The van der Waals surface area contributed by atoms with Crippen LogP contribution in [0.1, 0.15) is 29.8 Å². The Hall–Kier alpha value is -2.73. The molecular weight excluding hydrogens is 428 g/mol. The van der Waals surface area contributed by atoms with Crippen molar-refractivity contribution in [3.63, 3.8) is 0 Å². The number of rotatable bonds is 8. The number of benzene rings is 1. The minimum absolute atomic E-state index is 0.125. The van der Waals surface area contributed by atoms with Crippen LogP contribution in [0.25, 0.3) is 0 Å². The number of amides is 1. The Bertz CT molecular complexity index is 1010. The molecule has 0 unspecified atom stereocenters. The highest BCUT2D eigenvalue weighted by Crippen LogP contribution is 2.33. The molecule has 0 atom stereocenters. The van der Waals surface area contributed by atoms with E-state index in [1.807, 2.05) is 0 Å². The lowest BCUT2D eigenvalue weighted by Crippen LogP contribution is -2.32. The van der Waals surface area contributed by atoms with Crippen LogP contribution in [-0.4, -0.2) is 38.4 Å².